The van der Waals surface area contributed by atoms with Crippen LogP contribution in [0.3, 0.4) is 0 Å². The van der Waals surface area contributed by atoms with Gasteiger partial charge in [-0.3, -0.25) is 4.99 Å². The number of rotatable bonds is 8. The Morgan fingerprint density at radius 1 is 1.13 bits per heavy atom. The van der Waals surface area contributed by atoms with Gasteiger partial charge in [-0.2, -0.15) is 0 Å². The second-order valence-electron chi connectivity index (χ2n) is 7.63. The summed E-state index contributed by atoms with van der Waals surface area (Å²) in [7, 11) is 0. The first-order chi connectivity index (χ1) is 14.3. The molecule has 1 saturated heterocycles. The Balaban J connectivity index is 0.00000256. The van der Waals surface area contributed by atoms with E-state index in [4.69, 9.17) is 14.1 Å². The summed E-state index contributed by atoms with van der Waals surface area (Å²) in [5.74, 6) is 2.37. The van der Waals surface area contributed by atoms with E-state index >= 15 is 0 Å². The molecular formula is C23H31IN4O2. The molecule has 1 unspecified atom stereocenters. The van der Waals surface area contributed by atoms with E-state index in [2.05, 4.69) is 46.8 Å². The Morgan fingerprint density at radius 3 is 2.73 bits per heavy atom. The van der Waals surface area contributed by atoms with Crippen LogP contribution in [0.4, 0.5) is 0 Å². The van der Waals surface area contributed by atoms with Crippen LogP contribution in [0.5, 0.6) is 0 Å². The number of furan rings is 1. The van der Waals surface area contributed by atoms with Gasteiger partial charge in [-0.15, -0.1) is 24.0 Å². The van der Waals surface area contributed by atoms with Crippen LogP contribution in [0, 0.1) is 12.8 Å². The maximum Gasteiger partial charge on any atom is 0.191 e. The summed E-state index contributed by atoms with van der Waals surface area (Å²) in [6, 6.07) is 12.4. The molecule has 1 fully saturated rings. The van der Waals surface area contributed by atoms with Gasteiger partial charge in [0, 0.05) is 55.2 Å². The average molecular weight is 522 g/mol. The quantitative estimate of drug-likeness (QED) is 0.237. The molecule has 1 aliphatic heterocycles. The summed E-state index contributed by atoms with van der Waals surface area (Å²) in [5.41, 5.74) is 3.80. The van der Waals surface area contributed by atoms with Crippen molar-refractivity contribution in [2.45, 2.75) is 26.2 Å². The van der Waals surface area contributed by atoms with Crippen molar-refractivity contribution in [3.63, 3.8) is 0 Å². The molecule has 1 aliphatic rings. The lowest BCUT2D eigenvalue weighted by Gasteiger charge is -2.13. The average Bonchev–Trinajstić information content (AvgIpc) is 3.48. The van der Waals surface area contributed by atoms with E-state index in [1.165, 1.54) is 22.2 Å². The molecule has 162 valence electrons. The third kappa shape index (κ3) is 6.01. The highest BCUT2D eigenvalue weighted by atomic mass is 127. The Labute approximate surface area is 194 Å². The Morgan fingerprint density at radius 2 is 1.97 bits per heavy atom. The molecule has 1 aromatic carbocycles. The second-order valence-corrected chi connectivity index (χ2v) is 7.63. The zero-order valence-electron chi connectivity index (χ0n) is 17.4. The van der Waals surface area contributed by atoms with Crippen LogP contribution in [0.15, 0.2) is 52.1 Å². The fraction of sp³-hybridized carbons (Fsp3) is 0.435. The minimum atomic E-state index is 0. The lowest BCUT2D eigenvalue weighted by Crippen LogP contribution is -2.39. The predicted molar refractivity (Wildman–Crippen MR) is 132 cm³/mol. The van der Waals surface area contributed by atoms with Crippen LogP contribution in [-0.4, -0.2) is 43.8 Å². The highest BCUT2D eigenvalue weighted by molar-refractivity contribution is 14.0. The molecule has 3 aromatic rings. The number of aliphatic imine (C=N–C) groups is 1. The molecule has 3 N–H and O–H groups in total. The van der Waals surface area contributed by atoms with E-state index in [1.807, 2.05) is 12.1 Å². The maximum absolute atomic E-state index is 5.48. The van der Waals surface area contributed by atoms with E-state index in [1.54, 1.807) is 6.26 Å². The van der Waals surface area contributed by atoms with Crippen LogP contribution < -0.4 is 10.6 Å². The number of aryl methyl sites for hydroxylation is 1. The third-order valence-corrected chi connectivity index (χ3v) is 5.47. The van der Waals surface area contributed by atoms with Crippen LogP contribution in [0.2, 0.25) is 0 Å². The molecule has 0 aliphatic carbocycles. The normalized spacial score (nSPS) is 16.6. The number of hydrogen-bond donors (Lipinski definition) is 3. The van der Waals surface area contributed by atoms with Gasteiger partial charge in [0.1, 0.15) is 5.76 Å². The molecule has 3 heterocycles. The van der Waals surface area contributed by atoms with Gasteiger partial charge in [-0.25, -0.2) is 0 Å². The van der Waals surface area contributed by atoms with Gasteiger partial charge < -0.3 is 24.8 Å². The topological polar surface area (TPSA) is 74.6 Å². The molecule has 2 aromatic heterocycles. The standard InChI is InChI=1S/C23H30N4O2.HI/c1-17-20(21-6-2-3-7-22(21)27-17)9-12-25-23(26-15-18-10-14-28-16-18)24-11-8-19-5-4-13-29-19;/h2-7,13,18,27H,8-12,14-16H2,1H3,(H2,24,25,26);1H. The molecular weight excluding hydrogens is 491 g/mol. The van der Waals surface area contributed by atoms with E-state index in [9.17, 15) is 0 Å². The number of aromatic amines is 1. The van der Waals surface area contributed by atoms with Gasteiger partial charge in [0.2, 0.25) is 0 Å². The number of halogens is 1. The van der Waals surface area contributed by atoms with Crippen molar-refractivity contribution in [1.82, 2.24) is 15.6 Å². The van der Waals surface area contributed by atoms with Crippen molar-refractivity contribution >= 4 is 40.8 Å². The first-order valence-electron chi connectivity index (χ1n) is 10.5. The van der Waals surface area contributed by atoms with E-state index < -0.39 is 0 Å². The Hall–Kier alpha value is -2.00. The summed E-state index contributed by atoms with van der Waals surface area (Å²) in [5, 5.41) is 8.26. The van der Waals surface area contributed by atoms with E-state index in [0.717, 1.165) is 63.8 Å². The van der Waals surface area contributed by atoms with Gasteiger partial charge in [-0.1, -0.05) is 18.2 Å². The smallest absolute Gasteiger partial charge is 0.191 e. The van der Waals surface area contributed by atoms with Crippen molar-refractivity contribution in [3.05, 3.63) is 59.7 Å². The number of para-hydroxylation sites is 1. The largest absolute Gasteiger partial charge is 0.469 e. The minimum Gasteiger partial charge on any atom is -0.469 e. The fourth-order valence-corrected chi connectivity index (χ4v) is 3.84. The molecule has 0 spiro atoms. The summed E-state index contributed by atoms with van der Waals surface area (Å²) in [6.07, 6.45) is 4.59. The molecule has 30 heavy (non-hydrogen) atoms. The third-order valence-electron chi connectivity index (χ3n) is 5.47. The molecule has 1 atom stereocenters. The summed E-state index contributed by atoms with van der Waals surface area (Å²) >= 11 is 0. The Kier molecular flexibility index (Phi) is 8.62. The van der Waals surface area contributed by atoms with Crippen molar-refractivity contribution < 1.29 is 9.15 Å². The number of ether oxygens (including phenoxy) is 1. The summed E-state index contributed by atoms with van der Waals surface area (Å²) in [6.45, 7) is 6.23. The van der Waals surface area contributed by atoms with Crippen molar-refractivity contribution in [3.8, 4) is 0 Å². The fourth-order valence-electron chi connectivity index (χ4n) is 3.84. The first kappa shape index (κ1) is 22.7. The monoisotopic (exact) mass is 522 g/mol. The lowest BCUT2D eigenvalue weighted by molar-refractivity contribution is 0.187. The molecule has 0 bridgehead atoms. The number of hydrogen-bond acceptors (Lipinski definition) is 3. The number of benzene rings is 1. The van der Waals surface area contributed by atoms with E-state index in [0.29, 0.717) is 5.92 Å². The predicted octanol–water partition coefficient (Wildman–Crippen LogP) is 4.04. The number of H-pyrrole nitrogens is 1. The first-order valence-corrected chi connectivity index (χ1v) is 10.5. The van der Waals surface area contributed by atoms with Gasteiger partial charge in [0.25, 0.3) is 0 Å². The van der Waals surface area contributed by atoms with Gasteiger partial charge >= 0.3 is 0 Å². The molecule has 4 rings (SSSR count). The summed E-state index contributed by atoms with van der Waals surface area (Å²) in [4.78, 5) is 8.28. The highest BCUT2D eigenvalue weighted by Gasteiger charge is 2.15. The molecule has 6 nitrogen and oxygen atoms in total. The van der Waals surface area contributed by atoms with Gasteiger partial charge in [-0.05, 0) is 43.5 Å². The van der Waals surface area contributed by atoms with Crippen LogP contribution in [-0.2, 0) is 17.6 Å². The number of guanidine groups is 1. The van der Waals surface area contributed by atoms with Gasteiger partial charge in [0.15, 0.2) is 5.96 Å². The molecule has 0 amide bonds. The lowest BCUT2D eigenvalue weighted by atomic mass is 10.1. The number of nitrogens with zero attached hydrogens (tertiary/aromatic N) is 1. The summed E-state index contributed by atoms with van der Waals surface area (Å²) < 4.78 is 10.9. The number of nitrogens with one attached hydrogen (secondary N) is 3. The van der Waals surface area contributed by atoms with Gasteiger partial charge in [0.05, 0.1) is 12.9 Å². The minimum absolute atomic E-state index is 0. The maximum atomic E-state index is 5.48. The zero-order valence-corrected chi connectivity index (χ0v) is 19.8. The SMILES string of the molecule is Cc1[nH]c2ccccc2c1CCNC(=NCC1CCOC1)NCCc1ccco1.I. The zero-order chi connectivity index (χ0) is 19.9. The van der Waals surface area contributed by atoms with Crippen LogP contribution in [0.25, 0.3) is 10.9 Å². The molecule has 0 saturated carbocycles. The molecule has 0 radical (unpaired) electrons. The van der Waals surface area contributed by atoms with Crippen LogP contribution >= 0.6 is 24.0 Å². The Bertz CT molecular complexity index is 930. The van der Waals surface area contributed by atoms with Crippen molar-refractivity contribution in [1.29, 1.82) is 0 Å². The van der Waals surface area contributed by atoms with Crippen molar-refractivity contribution in [2.75, 3.05) is 32.8 Å². The number of fused-ring (bicyclic) bond motifs is 1. The highest BCUT2D eigenvalue weighted by Crippen LogP contribution is 2.21. The molecule has 7 heteroatoms. The number of aromatic nitrogens is 1. The van der Waals surface area contributed by atoms with E-state index in [-0.39, 0.29) is 24.0 Å². The second kappa shape index (κ2) is 11.4. The van der Waals surface area contributed by atoms with Crippen molar-refractivity contribution in [2.24, 2.45) is 10.9 Å². The van der Waals surface area contributed by atoms with Crippen LogP contribution in [0.1, 0.15) is 23.4 Å².